The Bertz CT molecular complexity index is 493. The van der Waals surface area contributed by atoms with Gasteiger partial charge in [-0.3, -0.25) is 0 Å². The molecular weight excluding hydrogens is 274 g/mol. The summed E-state index contributed by atoms with van der Waals surface area (Å²) in [6.45, 7) is 3.02. The molecule has 0 bridgehead atoms. The lowest BCUT2D eigenvalue weighted by molar-refractivity contribution is 0.312. The molecule has 0 saturated carbocycles. The summed E-state index contributed by atoms with van der Waals surface area (Å²) >= 11 is 7.35. The van der Waals surface area contributed by atoms with Crippen molar-refractivity contribution in [2.45, 2.75) is 13.3 Å². The SMILES string of the molecule is CCOc1nc(Cl)nc(NCCc2cscn2)n1. The second kappa shape index (κ2) is 6.46. The van der Waals surface area contributed by atoms with Crippen LogP contribution >= 0.6 is 22.9 Å². The molecule has 0 saturated heterocycles. The van der Waals surface area contributed by atoms with Gasteiger partial charge in [0.25, 0.3) is 0 Å². The summed E-state index contributed by atoms with van der Waals surface area (Å²) in [6.07, 6.45) is 0.802. The molecule has 0 spiro atoms. The standard InChI is InChI=1S/C10H12ClN5OS/c1-2-17-10-15-8(11)14-9(16-10)12-4-3-7-5-18-6-13-7/h5-6H,2-4H2,1H3,(H,12,14,15,16). The molecule has 0 radical (unpaired) electrons. The maximum Gasteiger partial charge on any atom is 0.322 e. The lowest BCUT2D eigenvalue weighted by Gasteiger charge is -2.05. The number of halogens is 1. The predicted molar refractivity (Wildman–Crippen MR) is 70.3 cm³/mol. The van der Waals surface area contributed by atoms with E-state index in [4.69, 9.17) is 16.3 Å². The molecule has 0 aromatic carbocycles. The number of nitrogens with zero attached hydrogens (tertiary/aromatic N) is 4. The number of anilines is 1. The van der Waals surface area contributed by atoms with Crippen LogP contribution in [0.3, 0.4) is 0 Å². The molecule has 2 heterocycles. The minimum atomic E-state index is 0.115. The van der Waals surface area contributed by atoms with Crippen LogP contribution in [-0.4, -0.2) is 33.1 Å². The third kappa shape index (κ3) is 3.78. The molecule has 0 atom stereocenters. The van der Waals surface area contributed by atoms with Crippen molar-refractivity contribution in [1.82, 2.24) is 19.9 Å². The summed E-state index contributed by atoms with van der Waals surface area (Å²) in [6, 6.07) is 0.230. The molecule has 0 amide bonds. The van der Waals surface area contributed by atoms with Crippen LogP contribution in [0, 0.1) is 0 Å². The molecule has 2 rings (SSSR count). The highest BCUT2D eigenvalue weighted by atomic mass is 35.5. The maximum absolute atomic E-state index is 5.77. The average molecular weight is 286 g/mol. The highest BCUT2D eigenvalue weighted by Gasteiger charge is 2.05. The Morgan fingerprint density at radius 3 is 3.00 bits per heavy atom. The molecule has 1 N–H and O–H groups in total. The molecule has 2 aromatic rings. The summed E-state index contributed by atoms with van der Waals surface area (Å²) in [5, 5.41) is 5.18. The topological polar surface area (TPSA) is 72.8 Å². The van der Waals surface area contributed by atoms with E-state index < -0.39 is 0 Å². The maximum atomic E-state index is 5.77. The van der Waals surface area contributed by atoms with Crippen molar-refractivity contribution in [3.8, 4) is 6.01 Å². The zero-order chi connectivity index (χ0) is 12.8. The minimum Gasteiger partial charge on any atom is -0.464 e. The minimum absolute atomic E-state index is 0.115. The van der Waals surface area contributed by atoms with E-state index in [1.54, 1.807) is 11.3 Å². The Morgan fingerprint density at radius 2 is 2.28 bits per heavy atom. The van der Waals surface area contributed by atoms with Gasteiger partial charge >= 0.3 is 6.01 Å². The number of rotatable bonds is 6. The second-order valence-corrected chi connectivity index (χ2v) is 4.36. The Morgan fingerprint density at radius 1 is 1.39 bits per heavy atom. The van der Waals surface area contributed by atoms with Gasteiger partial charge in [-0.25, -0.2) is 4.98 Å². The van der Waals surface area contributed by atoms with E-state index in [0.717, 1.165) is 12.1 Å². The Hall–Kier alpha value is -1.47. The first-order valence-corrected chi connectivity index (χ1v) is 6.75. The van der Waals surface area contributed by atoms with Crippen molar-refractivity contribution in [1.29, 1.82) is 0 Å². The van der Waals surface area contributed by atoms with Crippen LogP contribution in [0.15, 0.2) is 10.9 Å². The Kier molecular flexibility index (Phi) is 4.66. The fourth-order valence-corrected chi connectivity index (χ4v) is 2.01. The van der Waals surface area contributed by atoms with Crippen LogP contribution in [0.2, 0.25) is 5.28 Å². The Balaban J connectivity index is 1.92. The van der Waals surface area contributed by atoms with Gasteiger partial charge in [0.15, 0.2) is 0 Å². The largest absolute Gasteiger partial charge is 0.464 e. The molecule has 2 aromatic heterocycles. The molecule has 0 aliphatic carbocycles. The fourth-order valence-electron chi connectivity index (χ4n) is 1.27. The molecule has 0 aliphatic heterocycles. The summed E-state index contributed by atoms with van der Waals surface area (Å²) in [7, 11) is 0. The predicted octanol–water partition coefficient (Wildman–Crippen LogP) is 2.03. The quantitative estimate of drug-likeness (QED) is 0.875. The van der Waals surface area contributed by atoms with E-state index in [0.29, 0.717) is 19.1 Å². The van der Waals surface area contributed by atoms with Gasteiger partial charge in [0.05, 0.1) is 17.8 Å². The first-order chi connectivity index (χ1) is 8.78. The molecule has 0 fully saturated rings. The van der Waals surface area contributed by atoms with Crippen molar-refractivity contribution < 1.29 is 4.74 Å². The fraction of sp³-hybridized carbons (Fsp3) is 0.400. The smallest absolute Gasteiger partial charge is 0.322 e. The van der Waals surface area contributed by atoms with Crippen LogP contribution in [0.4, 0.5) is 5.95 Å². The van der Waals surface area contributed by atoms with E-state index >= 15 is 0 Å². The van der Waals surface area contributed by atoms with Gasteiger partial charge in [0.2, 0.25) is 11.2 Å². The summed E-state index contributed by atoms with van der Waals surface area (Å²) in [4.78, 5) is 16.1. The molecule has 0 unspecified atom stereocenters. The van der Waals surface area contributed by atoms with E-state index in [1.165, 1.54) is 0 Å². The van der Waals surface area contributed by atoms with Crippen molar-refractivity contribution in [2.24, 2.45) is 0 Å². The van der Waals surface area contributed by atoms with Crippen molar-refractivity contribution in [3.05, 3.63) is 21.9 Å². The van der Waals surface area contributed by atoms with Gasteiger partial charge in [0.1, 0.15) is 0 Å². The van der Waals surface area contributed by atoms with Crippen LogP contribution in [-0.2, 0) is 6.42 Å². The van der Waals surface area contributed by atoms with Crippen LogP contribution in [0.1, 0.15) is 12.6 Å². The second-order valence-electron chi connectivity index (χ2n) is 3.30. The monoisotopic (exact) mass is 285 g/mol. The van der Waals surface area contributed by atoms with Crippen LogP contribution in [0.5, 0.6) is 6.01 Å². The highest BCUT2D eigenvalue weighted by molar-refractivity contribution is 7.07. The number of nitrogens with one attached hydrogen (secondary N) is 1. The number of aromatic nitrogens is 4. The third-order valence-corrected chi connectivity index (χ3v) is 2.81. The van der Waals surface area contributed by atoms with E-state index in [2.05, 4.69) is 25.3 Å². The molecule has 6 nitrogen and oxygen atoms in total. The lowest BCUT2D eigenvalue weighted by atomic mass is 10.3. The molecule has 96 valence electrons. The summed E-state index contributed by atoms with van der Waals surface area (Å²) in [5.74, 6) is 0.411. The lowest BCUT2D eigenvalue weighted by Crippen LogP contribution is -2.10. The van der Waals surface area contributed by atoms with E-state index in [1.807, 2.05) is 17.8 Å². The summed E-state index contributed by atoms with van der Waals surface area (Å²) in [5.41, 5.74) is 2.85. The van der Waals surface area contributed by atoms with E-state index in [-0.39, 0.29) is 11.3 Å². The zero-order valence-corrected chi connectivity index (χ0v) is 11.3. The first kappa shape index (κ1) is 13.0. The van der Waals surface area contributed by atoms with Gasteiger partial charge in [-0.05, 0) is 18.5 Å². The normalized spacial score (nSPS) is 10.3. The number of thiazole rings is 1. The number of hydrogen-bond donors (Lipinski definition) is 1. The number of hydrogen-bond acceptors (Lipinski definition) is 7. The van der Waals surface area contributed by atoms with Crippen molar-refractivity contribution >= 4 is 28.9 Å². The average Bonchev–Trinajstić information content (AvgIpc) is 2.82. The van der Waals surface area contributed by atoms with Crippen LogP contribution in [0.25, 0.3) is 0 Å². The zero-order valence-electron chi connectivity index (χ0n) is 9.76. The van der Waals surface area contributed by atoms with E-state index in [9.17, 15) is 0 Å². The number of ether oxygens (including phenoxy) is 1. The third-order valence-electron chi connectivity index (χ3n) is 2.01. The highest BCUT2D eigenvalue weighted by Crippen LogP contribution is 2.11. The molecule has 8 heteroatoms. The molecule has 0 aliphatic rings. The van der Waals surface area contributed by atoms with Crippen molar-refractivity contribution in [2.75, 3.05) is 18.5 Å². The van der Waals surface area contributed by atoms with Crippen LogP contribution < -0.4 is 10.1 Å². The van der Waals surface area contributed by atoms with Gasteiger partial charge in [-0.15, -0.1) is 11.3 Å². The van der Waals surface area contributed by atoms with Gasteiger partial charge in [-0.2, -0.15) is 15.0 Å². The first-order valence-electron chi connectivity index (χ1n) is 5.43. The van der Waals surface area contributed by atoms with Gasteiger partial charge in [-0.1, -0.05) is 0 Å². The molecular formula is C10H12ClN5OS. The van der Waals surface area contributed by atoms with Crippen molar-refractivity contribution in [3.63, 3.8) is 0 Å². The summed E-state index contributed by atoms with van der Waals surface area (Å²) < 4.78 is 5.18. The van der Waals surface area contributed by atoms with Gasteiger partial charge in [0, 0.05) is 18.3 Å². The van der Waals surface area contributed by atoms with Gasteiger partial charge < -0.3 is 10.1 Å². The molecule has 18 heavy (non-hydrogen) atoms. The Labute approximate surface area is 113 Å².